The molecular weight excluding hydrogens is 212 g/mol. The summed E-state index contributed by atoms with van der Waals surface area (Å²) in [5, 5.41) is 7.45. The normalized spacial score (nSPS) is 11.8. The summed E-state index contributed by atoms with van der Waals surface area (Å²) in [6, 6.07) is 2.02. The average Bonchev–Trinajstić information content (AvgIpc) is 2.70. The molecule has 2 rings (SSSR count). The van der Waals surface area contributed by atoms with Crippen LogP contribution in [0.4, 0.5) is 5.82 Å². The molecule has 0 saturated carbocycles. The third kappa shape index (κ3) is 1.79. The first-order valence-corrected chi connectivity index (χ1v) is 5.67. The quantitative estimate of drug-likeness (QED) is 0.824. The lowest BCUT2D eigenvalue weighted by Gasteiger charge is -2.20. The molecule has 0 bridgehead atoms. The van der Waals surface area contributed by atoms with Gasteiger partial charge in [0.15, 0.2) is 5.65 Å². The van der Waals surface area contributed by atoms with E-state index < -0.39 is 0 Å². The van der Waals surface area contributed by atoms with Crippen LogP contribution in [0.2, 0.25) is 0 Å². The highest BCUT2D eigenvalue weighted by molar-refractivity contribution is 5.54. The maximum Gasteiger partial charge on any atom is 0.160 e. The van der Waals surface area contributed by atoms with E-state index in [9.17, 15) is 0 Å². The van der Waals surface area contributed by atoms with Crippen molar-refractivity contribution < 1.29 is 0 Å². The first kappa shape index (κ1) is 11.6. The van der Waals surface area contributed by atoms with Crippen molar-refractivity contribution in [3.8, 4) is 0 Å². The highest BCUT2D eigenvalue weighted by Crippen LogP contribution is 2.26. The summed E-state index contributed by atoms with van der Waals surface area (Å²) in [5.74, 6) is 0.938. The van der Waals surface area contributed by atoms with Gasteiger partial charge < -0.3 is 5.32 Å². The highest BCUT2D eigenvalue weighted by atomic mass is 15.3. The fourth-order valence-electron chi connectivity index (χ4n) is 1.69. The van der Waals surface area contributed by atoms with E-state index in [1.165, 1.54) is 0 Å². The molecule has 1 N–H and O–H groups in total. The predicted octanol–water partition coefficient (Wildman–Crippen LogP) is 2.54. The molecule has 2 aromatic rings. The largest absolute Gasteiger partial charge is 0.373 e. The van der Waals surface area contributed by atoms with Crippen LogP contribution in [0, 0.1) is 6.92 Å². The number of aryl methyl sites for hydroxylation is 1. The summed E-state index contributed by atoms with van der Waals surface area (Å²) < 4.78 is 1.82. The molecule has 0 spiro atoms. The SMILES string of the molecule is C=CC(C)(C)c1cc(NC)n2ncc(C)c2n1. The van der Waals surface area contributed by atoms with Gasteiger partial charge in [0.2, 0.25) is 0 Å². The van der Waals surface area contributed by atoms with Crippen molar-refractivity contribution in [3.63, 3.8) is 0 Å². The van der Waals surface area contributed by atoms with E-state index in [0.717, 1.165) is 22.7 Å². The van der Waals surface area contributed by atoms with Crippen molar-refractivity contribution in [2.24, 2.45) is 0 Å². The number of rotatable bonds is 3. The van der Waals surface area contributed by atoms with Crippen LogP contribution in [0.3, 0.4) is 0 Å². The molecule has 4 nitrogen and oxygen atoms in total. The molecule has 90 valence electrons. The Bertz CT molecular complexity index is 566. The molecule has 0 fully saturated rings. The highest BCUT2D eigenvalue weighted by Gasteiger charge is 2.20. The molecule has 2 aromatic heterocycles. The van der Waals surface area contributed by atoms with Gasteiger partial charge in [-0.1, -0.05) is 19.9 Å². The second-order valence-electron chi connectivity index (χ2n) is 4.77. The van der Waals surface area contributed by atoms with E-state index in [0.29, 0.717) is 0 Å². The minimum absolute atomic E-state index is 0.149. The van der Waals surface area contributed by atoms with E-state index in [-0.39, 0.29) is 5.41 Å². The second-order valence-corrected chi connectivity index (χ2v) is 4.77. The lowest BCUT2D eigenvalue weighted by atomic mass is 9.89. The number of anilines is 1. The van der Waals surface area contributed by atoms with Gasteiger partial charge in [-0.05, 0) is 6.92 Å². The molecular formula is C13H18N4. The molecule has 2 heterocycles. The predicted molar refractivity (Wildman–Crippen MR) is 70.5 cm³/mol. The summed E-state index contributed by atoms with van der Waals surface area (Å²) >= 11 is 0. The number of aromatic nitrogens is 3. The zero-order valence-electron chi connectivity index (χ0n) is 10.8. The molecule has 0 radical (unpaired) electrons. The molecule has 0 aliphatic heterocycles. The van der Waals surface area contributed by atoms with E-state index in [1.54, 1.807) is 0 Å². The van der Waals surface area contributed by atoms with Crippen LogP contribution < -0.4 is 5.32 Å². The molecule has 0 aliphatic rings. The maximum atomic E-state index is 4.68. The number of nitrogens with zero attached hydrogens (tertiary/aromatic N) is 3. The Kier molecular flexibility index (Phi) is 2.65. The van der Waals surface area contributed by atoms with Crippen LogP contribution in [0.25, 0.3) is 5.65 Å². The van der Waals surface area contributed by atoms with Crippen molar-refractivity contribution in [1.82, 2.24) is 14.6 Å². The average molecular weight is 230 g/mol. The van der Waals surface area contributed by atoms with E-state index in [4.69, 9.17) is 0 Å². The summed E-state index contributed by atoms with van der Waals surface area (Å²) in [6.45, 7) is 10.1. The smallest absolute Gasteiger partial charge is 0.160 e. The van der Waals surface area contributed by atoms with Gasteiger partial charge in [-0.15, -0.1) is 6.58 Å². The van der Waals surface area contributed by atoms with Crippen molar-refractivity contribution in [2.75, 3.05) is 12.4 Å². The van der Waals surface area contributed by atoms with E-state index in [1.807, 2.05) is 36.8 Å². The number of fused-ring (bicyclic) bond motifs is 1. The maximum absolute atomic E-state index is 4.68. The Balaban J connectivity index is 2.75. The fourth-order valence-corrected chi connectivity index (χ4v) is 1.69. The van der Waals surface area contributed by atoms with Gasteiger partial charge in [0.25, 0.3) is 0 Å². The number of hydrogen-bond acceptors (Lipinski definition) is 3. The van der Waals surface area contributed by atoms with Gasteiger partial charge in [0.1, 0.15) is 5.82 Å². The van der Waals surface area contributed by atoms with Crippen LogP contribution in [0.15, 0.2) is 24.9 Å². The molecule has 17 heavy (non-hydrogen) atoms. The molecule has 0 unspecified atom stereocenters. The third-order valence-corrected chi connectivity index (χ3v) is 3.07. The fraction of sp³-hybridized carbons (Fsp3) is 0.385. The summed E-state index contributed by atoms with van der Waals surface area (Å²) in [4.78, 5) is 4.68. The Morgan fingerprint density at radius 2 is 2.18 bits per heavy atom. The van der Waals surface area contributed by atoms with Crippen molar-refractivity contribution in [1.29, 1.82) is 0 Å². The summed E-state index contributed by atoms with van der Waals surface area (Å²) in [5.41, 5.74) is 2.81. The monoisotopic (exact) mass is 230 g/mol. The summed E-state index contributed by atoms with van der Waals surface area (Å²) in [6.07, 6.45) is 3.74. The molecule has 0 aromatic carbocycles. The van der Waals surface area contributed by atoms with Gasteiger partial charge in [0, 0.05) is 24.1 Å². The van der Waals surface area contributed by atoms with Crippen LogP contribution in [-0.4, -0.2) is 21.6 Å². The van der Waals surface area contributed by atoms with Crippen LogP contribution in [0.5, 0.6) is 0 Å². The minimum atomic E-state index is -0.149. The molecule has 4 heteroatoms. The van der Waals surface area contributed by atoms with Crippen molar-refractivity contribution in [2.45, 2.75) is 26.2 Å². The van der Waals surface area contributed by atoms with Crippen molar-refractivity contribution in [3.05, 3.63) is 36.2 Å². The molecule has 0 atom stereocenters. The lowest BCUT2D eigenvalue weighted by Crippen LogP contribution is -2.17. The third-order valence-electron chi connectivity index (χ3n) is 3.07. The standard InChI is InChI=1S/C13H18N4/c1-6-13(3,4)10-7-11(14-5)17-12(16-10)9(2)8-15-17/h6-8,14H,1H2,2-5H3. The van der Waals surface area contributed by atoms with Crippen LogP contribution in [-0.2, 0) is 5.41 Å². The van der Waals surface area contributed by atoms with Gasteiger partial charge >= 0.3 is 0 Å². The summed E-state index contributed by atoms with van der Waals surface area (Å²) in [7, 11) is 1.89. The van der Waals surface area contributed by atoms with Crippen LogP contribution in [0.1, 0.15) is 25.1 Å². The van der Waals surface area contributed by atoms with E-state index >= 15 is 0 Å². The van der Waals surface area contributed by atoms with Gasteiger partial charge in [-0.25, -0.2) is 4.98 Å². The topological polar surface area (TPSA) is 42.2 Å². The van der Waals surface area contributed by atoms with Crippen molar-refractivity contribution >= 4 is 11.5 Å². The van der Waals surface area contributed by atoms with Gasteiger partial charge in [-0.3, -0.25) is 0 Å². The van der Waals surface area contributed by atoms with Gasteiger partial charge in [0.05, 0.1) is 11.9 Å². The molecule has 0 aliphatic carbocycles. The molecule has 0 amide bonds. The second kappa shape index (κ2) is 3.87. The first-order chi connectivity index (χ1) is 7.99. The Labute approximate surface area is 101 Å². The van der Waals surface area contributed by atoms with Gasteiger partial charge in [-0.2, -0.15) is 9.61 Å². The zero-order valence-corrected chi connectivity index (χ0v) is 10.8. The number of allylic oxidation sites excluding steroid dienone is 1. The first-order valence-electron chi connectivity index (χ1n) is 5.67. The Morgan fingerprint density at radius 1 is 1.47 bits per heavy atom. The molecule has 0 saturated heterocycles. The number of hydrogen-bond donors (Lipinski definition) is 1. The lowest BCUT2D eigenvalue weighted by molar-refractivity contribution is 0.644. The van der Waals surface area contributed by atoms with E-state index in [2.05, 4.69) is 35.8 Å². The number of nitrogens with one attached hydrogen (secondary N) is 1. The Hall–Kier alpha value is -1.84. The zero-order chi connectivity index (χ0) is 12.6. The van der Waals surface area contributed by atoms with Crippen LogP contribution >= 0.6 is 0 Å². The Morgan fingerprint density at radius 3 is 2.76 bits per heavy atom. The minimum Gasteiger partial charge on any atom is -0.373 e.